The molecule has 0 saturated heterocycles. The number of carbonyl (C=O) groups is 1. The van der Waals surface area contributed by atoms with Gasteiger partial charge in [0, 0.05) is 6.21 Å². The summed E-state index contributed by atoms with van der Waals surface area (Å²) in [6.07, 6.45) is 1.29. The van der Waals surface area contributed by atoms with Crippen molar-refractivity contribution in [2.75, 3.05) is 0 Å². The van der Waals surface area contributed by atoms with Crippen LogP contribution in [0.2, 0.25) is 0 Å². The zero-order valence-electron chi connectivity index (χ0n) is 12.4. The lowest BCUT2D eigenvalue weighted by Gasteiger charge is -2.05. The molecule has 7 nitrogen and oxygen atoms in total. The summed E-state index contributed by atoms with van der Waals surface area (Å²) >= 11 is 0. The van der Waals surface area contributed by atoms with E-state index in [2.05, 4.69) is 9.98 Å². The van der Waals surface area contributed by atoms with Crippen LogP contribution in [0.25, 0.3) is 0 Å². The summed E-state index contributed by atoms with van der Waals surface area (Å²) < 4.78 is 0. The van der Waals surface area contributed by atoms with Crippen molar-refractivity contribution < 1.29 is 15.0 Å². The molecule has 1 aromatic carbocycles. The largest absolute Gasteiger partial charge is 0.494 e. The van der Waals surface area contributed by atoms with Crippen LogP contribution >= 0.6 is 0 Å². The number of rotatable bonds is 3. The van der Waals surface area contributed by atoms with Gasteiger partial charge in [-0.3, -0.25) is 14.8 Å². The molecular weight excluding hydrogens is 298 g/mol. The molecule has 23 heavy (non-hydrogen) atoms. The summed E-state index contributed by atoms with van der Waals surface area (Å²) in [6, 6.07) is 6.26. The van der Waals surface area contributed by atoms with Crippen LogP contribution in [0.15, 0.2) is 28.0 Å². The number of pyridine rings is 1. The fourth-order valence-corrected chi connectivity index (χ4v) is 2.03. The SMILES string of the molecule is Cc1ccc(C(=O)O)cc1N=Cc1c(O)[nH]c(=O)c(C#N)c1C. The highest BCUT2D eigenvalue weighted by Gasteiger charge is 2.12. The van der Waals surface area contributed by atoms with E-state index in [-0.39, 0.29) is 16.7 Å². The number of carboxylic acids is 1. The Kier molecular flexibility index (Phi) is 4.27. The van der Waals surface area contributed by atoms with Gasteiger partial charge in [0.25, 0.3) is 5.56 Å². The number of benzene rings is 1. The van der Waals surface area contributed by atoms with Gasteiger partial charge >= 0.3 is 5.97 Å². The molecule has 0 spiro atoms. The number of aromatic hydroxyl groups is 1. The Balaban J connectivity index is 2.54. The summed E-state index contributed by atoms with van der Waals surface area (Å²) in [5.41, 5.74) is 0.944. The lowest BCUT2D eigenvalue weighted by molar-refractivity contribution is 0.0697. The molecule has 7 heteroatoms. The summed E-state index contributed by atoms with van der Waals surface area (Å²) in [6.45, 7) is 3.29. The standard InChI is InChI=1S/C16H13N3O4/c1-8-3-4-10(16(22)23)5-13(8)18-7-12-9(2)11(6-17)14(20)19-15(12)21/h3-5,7H,1-2H3,(H,22,23)(H2,19,20,21). The maximum atomic E-state index is 11.5. The van der Waals surface area contributed by atoms with Gasteiger partial charge in [0.15, 0.2) is 0 Å². The Morgan fingerprint density at radius 3 is 2.70 bits per heavy atom. The highest BCUT2D eigenvalue weighted by molar-refractivity contribution is 5.91. The normalized spacial score (nSPS) is 10.7. The molecule has 0 radical (unpaired) electrons. The third-order valence-corrected chi connectivity index (χ3v) is 3.39. The number of nitrogens with zero attached hydrogens (tertiary/aromatic N) is 2. The molecule has 1 heterocycles. The minimum absolute atomic E-state index is 0.0860. The van der Waals surface area contributed by atoms with Gasteiger partial charge in [-0.05, 0) is 37.1 Å². The molecule has 0 aliphatic rings. The van der Waals surface area contributed by atoms with Crippen molar-refractivity contribution in [3.8, 4) is 11.9 Å². The Hall–Kier alpha value is -3.40. The number of aromatic carboxylic acids is 1. The molecule has 0 aliphatic carbocycles. The number of aromatic amines is 1. The monoisotopic (exact) mass is 311 g/mol. The second-order valence-corrected chi connectivity index (χ2v) is 4.89. The zero-order valence-corrected chi connectivity index (χ0v) is 12.4. The van der Waals surface area contributed by atoms with Gasteiger partial charge < -0.3 is 10.2 Å². The maximum Gasteiger partial charge on any atom is 0.335 e. The van der Waals surface area contributed by atoms with Crippen molar-refractivity contribution in [1.29, 1.82) is 5.26 Å². The molecule has 2 aromatic rings. The van der Waals surface area contributed by atoms with E-state index in [0.717, 1.165) is 5.56 Å². The summed E-state index contributed by atoms with van der Waals surface area (Å²) in [5.74, 6) is -1.47. The average molecular weight is 311 g/mol. The van der Waals surface area contributed by atoms with Crippen LogP contribution in [0.1, 0.15) is 32.6 Å². The van der Waals surface area contributed by atoms with E-state index in [4.69, 9.17) is 10.4 Å². The van der Waals surface area contributed by atoms with Crippen LogP contribution in [-0.4, -0.2) is 27.4 Å². The number of hydrogen-bond acceptors (Lipinski definition) is 5. The molecular formula is C16H13N3O4. The second kappa shape index (κ2) is 6.15. The lowest BCUT2D eigenvalue weighted by Crippen LogP contribution is -2.14. The van der Waals surface area contributed by atoms with Crippen LogP contribution in [0, 0.1) is 25.2 Å². The third kappa shape index (κ3) is 3.11. The number of aryl methyl sites for hydroxylation is 1. The molecule has 0 amide bonds. The minimum atomic E-state index is -1.07. The van der Waals surface area contributed by atoms with Gasteiger partial charge in [-0.15, -0.1) is 0 Å². The Morgan fingerprint density at radius 2 is 2.09 bits per heavy atom. The van der Waals surface area contributed by atoms with E-state index in [0.29, 0.717) is 11.3 Å². The summed E-state index contributed by atoms with van der Waals surface area (Å²) in [7, 11) is 0. The minimum Gasteiger partial charge on any atom is -0.494 e. The van der Waals surface area contributed by atoms with E-state index < -0.39 is 17.4 Å². The number of hydrogen-bond donors (Lipinski definition) is 3. The van der Waals surface area contributed by atoms with Gasteiger partial charge in [0.2, 0.25) is 5.88 Å². The van der Waals surface area contributed by atoms with E-state index in [1.807, 2.05) is 0 Å². The highest BCUT2D eigenvalue weighted by Crippen LogP contribution is 2.22. The molecule has 116 valence electrons. The Bertz CT molecular complexity index is 920. The van der Waals surface area contributed by atoms with Crippen molar-refractivity contribution in [3.05, 3.63) is 56.4 Å². The first-order valence-corrected chi connectivity index (χ1v) is 6.59. The lowest BCUT2D eigenvalue weighted by atomic mass is 10.1. The fourth-order valence-electron chi connectivity index (χ4n) is 2.03. The van der Waals surface area contributed by atoms with E-state index in [1.165, 1.54) is 25.3 Å². The highest BCUT2D eigenvalue weighted by atomic mass is 16.4. The molecule has 0 aliphatic heterocycles. The van der Waals surface area contributed by atoms with Crippen LogP contribution in [-0.2, 0) is 0 Å². The smallest absolute Gasteiger partial charge is 0.335 e. The van der Waals surface area contributed by atoms with Crippen LogP contribution in [0.5, 0.6) is 5.88 Å². The average Bonchev–Trinajstić information content (AvgIpc) is 2.48. The topological polar surface area (TPSA) is 127 Å². The molecule has 0 atom stereocenters. The molecule has 0 saturated carbocycles. The number of aliphatic imine (C=N–C) groups is 1. The quantitative estimate of drug-likeness (QED) is 0.747. The van der Waals surface area contributed by atoms with Gasteiger partial charge in [-0.1, -0.05) is 6.07 Å². The van der Waals surface area contributed by atoms with Gasteiger partial charge in [0.05, 0.1) is 16.8 Å². The van der Waals surface area contributed by atoms with Gasteiger partial charge in [-0.25, -0.2) is 4.79 Å². The number of nitriles is 1. The van der Waals surface area contributed by atoms with Crippen molar-refractivity contribution in [1.82, 2.24) is 4.98 Å². The number of carboxylic acid groups (broad SMARTS) is 1. The fraction of sp³-hybridized carbons (Fsp3) is 0.125. The van der Waals surface area contributed by atoms with Crippen molar-refractivity contribution in [2.24, 2.45) is 4.99 Å². The number of aromatic nitrogens is 1. The first-order chi connectivity index (χ1) is 10.8. The van der Waals surface area contributed by atoms with E-state index >= 15 is 0 Å². The Morgan fingerprint density at radius 1 is 1.39 bits per heavy atom. The summed E-state index contributed by atoms with van der Waals surface area (Å²) in [4.78, 5) is 28.9. The van der Waals surface area contributed by atoms with Crippen molar-refractivity contribution in [3.63, 3.8) is 0 Å². The molecule has 0 bridgehead atoms. The van der Waals surface area contributed by atoms with Crippen molar-refractivity contribution in [2.45, 2.75) is 13.8 Å². The van der Waals surface area contributed by atoms with E-state index in [9.17, 15) is 14.7 Å². The zero-order chi connectivity index (χ0) is 17.1. The first-order valence-electron chi connectivity index (χ1n) is 6.59. The number of H-pyrrole nitrogens is 1. The second-order valence-electron chi connectivity index (χ2n) is 4.89. The molecule has 1 aromatic heterocycles. The predicted molar refractivity (Wildman–Crippen MR) is 83.6 cm³/mol. The maximum absolute atomic E-state index is 11.5. The Labute approximate surface area is 131 Å². The van der Waals surface area contributed by atoms with E-state index in [1.54, 1.807) is 19.1 Å². The van der Waals surface area contributed by atoms with Crippen LogP contribution in [0.4, 0.5) is 5.69 Å². The molecule has 0 fully saturated rings. The van der Waals surface area contributed by atoms with Crippen molar-refractivity contribution >= 4 is 17.9 Å². The molecule has 0 unspecified atom stereocenters. The first kappa shape index (κ1) is 16.0. The molecule has 3 N–H and O–H groups in total. The van der Waals surface area contributed by atoms with Crippen LogP contribution < -0.4 is 5.56 Å². The number of nitrogens with one attached hydrogen (secondary N) is 1. The summed E-state index contributed by atoms with van der Waals surface area (Å²) in [5, 5.41) is 27.8. The van der Waals surface area contributed by atoms with Gasteiger partial charge in [0.1, 0.15) is 11.6 Å². The van der Waals surface area contributed by atoms with Crippen LogP contribution in [0.3, 0.4) is 0 Å². The predicted octanol–water partition coefficient (Wildman–Crippen LogP) is 2.02. The van der Waals surface area contributed by atoms with Gasteiger partial charge in [-0.2, -0.15) is 5.26 Å². The third-order valence-electron chi connectivity index (χ3n) is 3.39. The molecule has 2 rings (SSSR count).